The van der Waals surface area contributed by atoms with Crippen LogP contribution in [0.2, 0.25) is 0 Å². The van der Waals surface area contributed by atoms with Crippen molar-refractivity contribution in [3.63, 3.8) is 0 Å². The Hall–Kier alpha value is -2.73. The van der Waals surface area contributed by atoms with E-state index in [1.807, 2.05) is 32.1 Å². The van der Waals surface area contributed by atoms with Gasteiger partial charge in [0.2, 0.25) is 0 Å². The second-order valence-corrected chi connectivity index (χ2v) is 7.96. The van der Waals surface area contributed by atoms with Crippen LogP contribution in [-0.4, -0.2) is 46.9 Å². The molecule has 0 aliphatic carbocycles. The largest absolute Gasteiger partial charge is 0.347 e. The average molecular weight is 410 g/mol. The Kier molecular flexibility index (Phi) is 5.75. The van der Waals surface area contributed by atoms with Crippen LogP contribution in [0.3, 0.4) is 0 Å². The molecule has 152 valence electrons. The van der Waals surface area contributed by atoms with Crippen LogP contribution in [0, 0.1) is 0 Å². The SMILES string of the molecule is CCN1C(=O)C(=C/C=C/C=C2/N(C)c3ccccc3C2(C)C)C(=O)N(CC)C1=S. The van der Waals surface area contributed by atoms with Gasteiger partial charge in [-0.2, -0.15) is 0 Å². The van der Waals surface area contributed by atoms with Crippen LogP contribution in [0.1, 0.15) is 33.3 Å². The van der Waals surface area contributed by atoms with Crippen molar-refractivity contribution >= 4 is 34.8 Å². The van der Waals surface area contributed by atoms with E-state index in [4.69, 9.17) is 12.2 Å². The fourth-order valence-electron chi connectivity index (χ4n) is 4.00. The van der Waals surface area contributed by atoms with Crippen LogP contribution in [-0.2, 0) is 15.0 Å². The molecule has 29 heavy (non-hydrogen) atoms. The molecule has 0 aromatic heterocycles. The number of allylic oxidation sites excluding steroid dienone is 5. The third-order valence-electron chi connectivity index (χ3n) is 5.61. The molecule has 1 aromatic carbocycles. The third-order valence-corrected chi connectivity index (χ3v) is 6.05. The minimum absolute atomic E-state index is 0.122. The van der Waals surface area contributed by atoms with Crippen LogP contribution >= 0.6 is 12.2 Å². The van der Waals surface area contributed by atoms with Crippen molar-refractivity contribution < 1.29 is 9.59 Å². The van der Waals surface area contributed by atoms with E-state index in [1.54, 1.807) is 12.2 Å². The van der Waals surface area contributed by atoms with Crippen LogP contribution in [0.25, 0.3) is 0 Å². The zero-order chi connectivity index (χ0) is 21.3. The van der Waals surface area contributed by atoms with E-state index in [2.05, 4.69) is 44.0 Å². The Morgan fingerprint density at radius 1 is 0.966 bits per heavy atom. The standard InChI is InChI=1S/C23H27N3O2S/c1-6-25-20(27)16(21(28)26(7-2)22(25)29)12-8-11-15-19-23(3,4)17-13-9-10-14-18(17)24(19)5/h8-15H,6-7H2,1-5H3/b11-8+,19-15+. The molecule has 0 bridgehead atoms. The van der Waals surface area contributed by atoms with Crippen molar-refractivity contribution in [1.82, 2.24) is 9.80 Å². The highest BCUT2D eigenvalue weighted by atomic mass is 32.1. The Balaban J connectivity index is 1.89. The summed E-state index contributed by atoms with van der Waals surface area (Å²) in [6, 6.07) is 8.36. The van der Waals surface area contributed by atoms with Gasteiger partial charge < -0.3 is 4.90 Å². The van der Waals surface area contributed by atoms with E-state index in [1.165, 1.54) is 21.1 Å². The van der Waals surface area contributed by atoms with Crippen molar-refractivity contribution in [3.8, 4) is 0 Å². The second-order valence-electron chi connectivity index (χ2n) is 7.60. The number of anilines is 1. The summed E-state index contributed by atoms with van der Waals surface area (Å²) < 4.78 is 0. The van der Waals surface area contributed by atoms with E-state index >= 15 is 0 Å². The van der Waals surface area contributed by atoms with Gasteiger partial charge in [0.1, 0.15) is 5.57 Å². The molecule has 2 heterocycles. The first-order chi connectivity index (χ1) is 13.8. The maximum Gasteiger partial charge on any atom is 0.265 e. The number of thiocarbonyl (C=S) groups is 1. The number of carbonyl (C=O) groups is 2. The number of hydrogen-bond acceptors (Lipinski definition) is 4. The zero-order valence-corrected chi connectivity index (χ0v) is 18.4. The number of amides is 2. The smallest absolute Gasteiger partial charge is 0.265 e. The molecule has 0 unspecified atom stereocenters. The summed E-state index contributed by atoms with van der Waals surface area (Å²) in [5.41, 5.74) is 3.65. The van der Waals surface area contributed by atoms with Gasteiger partial charge in [0.25, 0.3) is 11.8 Å². The molecule has 1 fully saturated rings. The van der Waals surface area contributed by atoms with Gasteiger partial charge in [0, 0.05) is 36.9 Å². The highest BCUT2D eigenvalue weighted by molar-refractivity contribution is 7.80. The number of benzene rings is 1. The number of rotatable bonds is 4. The zero-order valence-electron chi connectivity index (χ0n) is 17.6. The number of fused-ring (bicyclic) bond motifs is 1. The van der Waals surface area contributed by atoms with Crippen molar-refractivity contribution in [2.75, 3.05) is 25.0 Å². The Labute approximate surface area is 178 Å². The molecule has 0 atom stereocenters. The average Bonchev–Trinajstić information content (AvgIpc) is 2.88. The fraction of sp³-hybridized carbons (Fsp3) is 0.348. The van der Waals surface area contributed by atoms with E-state index < -0.39 is 0 Å². The summed E-state index contributed by atoms with van der Waals surface area (Å²) in [6.45, 7) is 8.96. The van der Waals surface area contributed by atoms with Crippen LogP contribution in [0.5, 0.6) is 0 Å². The van der Waals surface area contributed by atoms with Gasteiger partial charge in [-0.15, -0.1) is 0 Å². The molecule has 0 N–H and O–H groups in total. The number of likely N-dealkylation sites (N-methyl/N-ethyl adjacent to an activating group) is 3. The van der Waals surface area contributed by atoms with Gasteiger partial charge >= 0.3 is 0 Å². The lowest BCUT2D eigenvalue weighted by molar-refractivity contribution is -0.133. The molecule has 5 nitrogen and oxygen atoms in total. The Bertz CT molecular complexity index is 931. The predicted octanol–water partition coefficient (Wildman–Crippen LogP) is 3.78. The first kappa shape index (κ1) is 21.0. The fourth-order valence-corrected chi connectivity index (χ4v) is 4.43. The summed E-state index contributed by atoms with van der Waals surface area (Å²) in [5, 5.41) is 0.278. The van der Waals surface area contributed by atoms with Crippen molar-refractivity contribution in [1.29, 1.82) is 0 Å². The minimum Gasteiger partial charge on any atom is -0.347 e. The summed E-state index contributed by atoms with van der Waals surface area (Å²) in [6.07, 6.45) is 7.26. The van der Waals surface area contributed by atoms with E-state index in [0.717, 1.165) is 5.70 Å². The quantitative estimate of drug-likeness (QED) is 0.431. The lowest BCUT2D eigenvalue weighted by atomic mass is 9.84. The highest BCUT2D eigenvalue weighted by Gasteiger charge is 2.38. The predicted molar refractivity (Wildman–Crippen MR) is 121 cm³/mol. The van der Waals surface area contributed by atoms with Gasteiger partial charge in [-0.3, -0.25) is 19.4 Å². The lowest BCUT2D eigenvalue weighted by Gasteiger charge is -2.35. The maximum absolute atomic E-state index is 12.7. The lowest BCUT2D eigenvalue weighted by Crippen LogP contribution is -2.55. The normalized spacial score (nSPS) is 20.3. The van der Waals surface area contributed by atoms with Crippen molar-refractivity contribution in [3.05, 3.63) is 65.4 Å². The van der Waals surface area contributed by atoms with Crippen molar-refractivity contribution in [2.24, 2.45) is 0 Å². The molecule has 3 rings (SSSR count). The maximum atomic E-state index is 12.7. The molecule has 0 spiro atoms. The molecular formula is C23H27N3O2S. The molecular weight excluding hydrogens is 382 g/mol. The van der Waals surface area contributed by atoms with Gasteiger partial charge in [0.15, 0.2) is 5.11 Å². The Morgan fingerprint density at radius 2 is 1.52 bits per heavy atom. The van der Waals surface area contributed by atoms with Gasteiger partial charge in [-0.25, -0.2) is 0 Å². The molecule has 2 aliphatic rings. The molecule has 1 saturated heterocycles. The van der Waals surface area contributed by atoms with Gasteiger partial charge in [0.05, 0.1) is 0 Å². The summed E-state index contributed by atoms with van der Waals surface area (Å²) in [5.74, 6) is -0.676. The van der Waals surface area contributed by atoms with E-state index in [9.17, 15) is 9.59 Å². The van der Waals surface area contributed by atoms with Crippen LogP contribution in [0.15, 0.2) is 59.8 Å². The highest BCUT2D eigenvalue weighted by Crippen LogP contribution is 2.46. The summed E-state index contributed by atoms with van der Waals surface area (Å²) in [4.78, 5) is 30.4. The number of hydrogen-bond donors (Lipinski definition) is 0. The number of carbonyl (C=O) groups excluding carboxylic acids is 2. The Morgan fingerprint density at radius 3 is 2.07 bits per heavy atom. The molecule has 0 radical (unpaired) electrons. The first-order valence-corrected chi connectivity index (χ1v) is 10.3. The summed E-state index contributed by atoms with van der Waals surface area (Å²) >= 11 is 5.28. The molecule has 1 aromatic rings. The topological polar surface area (TPSA) is 43.9 Å². The van der Waals surface area contributed by atoms with Crippen LogP contribution < -0.4 is 4.90 Å². The second kappa shape index (κ2) is 7.95. The third kappa shape index (κ3) is 3.42. The van der Waals surface area contributed by atoms with E-state index in [-0.39, 0.29) is 27.9 Å². The summed E-state index contributed by atoms with van der Waals surface area (Å²) in [7, 11) is 2.05. The number of para-hydroxylation sites is 1. The number of nitrogens with zero attached hydrogens (tertiary/aromatic N) is 3. The van der Waals surface area contributed by atoms with Crippen LogP contribution in [0.4, 0.5) is 5.69 Å². The molecule has 6 heteroatoms. The minimum atomic E-state index is -0.338. The van der Waals surface area contributed by atoms with E-state index in [0.29, 0.717) is 13.1 Å². The molecule has 0 saturated carbocycles. The van der Waals surface area contributed by atoms with Gasteiger partial charge in [-0.1, -0.05) is 44.2 Å². The monoisotopic (exact) mass is 409 g/mol. The molecule has 2 amide bonds. The molecule has 2 aliphatic heterocycles. The van der Waals surface area contributed by atoms with Crippen molar-refractivity contribution in [2.45, 2.75) is 33.1 Å². The first-order valence-electron chi connectivity index (χ1n) is 9.85. The van der Waals surface area contributed by atoms with Gasteiger partial charge in [-0.05, 0) is 49.8 Å².